The van der Waals surface area contributed by atoms with Gasteiger partial charge in [-0.15, -0.1) is 11.3 Å². The minimum atomic E-state index is 0.467. The standard InChI is InChI=1S/C9H13NOS2/c1-7-5-12-9(10-7)13-6-8-3-2-4-11-8/h5,8H,2-4,6H2,1H3. The van der Waals surface area contributed by atoms with Crippen LogP contribution in [-0.2, 0) is 4.74 Å². The minimum absolute atomic E-state index is 0.467. The Morgan fingerprint density at radius 3 is 3.31 bits per heavy atom. The lowest BCUT2D eigenvalue weighted by Gasteiger charge is -2.05. The lowest BCUT2D eigenvalue weighted by molar-refractivity contribution is 0.129. The molecule has 1 aliphatic heterocycles. The van der Waals surface area contributed by atoms with E-state index in [1.54, 1.807) is 11.3 Å². The highest BCUT2D eigenvalue weighted by Crippen LogP contribution is 2.26. The van der Waals surface area contributed by atoms with Crippen molar-refractivity contribution in [3.63, 3.8) is 0 Å². The second kappa shape index (κ2) is 4.44. The Morgan fingerprint density at radius 1 is 1.77 bits per heavy atom. The summed E-state index contributed by atoms with van der Waals surface area (Å²) < 4.78 is 6.71. The molecule has 1 aromatic rings. The fraction of sp³-hybridized carbons (Fsp3) is 0.667. The van der Waals surface area contributed by atoms with Crippen LogP contribution in [0.3, 0.4) is 0 Å². The monoisotopic (exact) mass is 215 g/mol. The molecule has 4 heteroatoms. The molecule has 1 saturated heterocycles. The topological polar surface area (TPSA) is 22.1 Å². The van der Waals surface area contributed by atoms with E-state index in [4.69, 9.17) is 4.74 Å². The SMILES string of the molecule is Cc1csc(SCC2CCCO2)n1. The molecule has 2 heterocycles. The Kier molecular flexibility index (Phi) is 3.24. The molecule has 72 valence electrons. The summed E-state index contributed by atoms with van der Waals surface area (Å²) in [4.78, 5) is 4.40. The van der Waals surface area contributed by atoms with Gasteiger partial charge >= 0.3 is 0 Å². The van der Waals surface area contributed by atoms with E-state index in [1.807, 2.05) is 18.7 Å². The molecule has 1 fully saturated rings. The van der Waals surface area contributed by atoms with Gasteiger partial charge in [0.05, 0.1) is 6.10 Å². The number of thiazole rings is 1. The highest BCUT2D eigenvalue weighted by Gasteiger charge is 2.15. The van der Waals surface area contributed by atoms with Gasteiger partial charge in [-0.1, -0.05) is 11.8 Å². The Bertz CT molecular complexity index is 268. The third-order valence-electron chi connectivity index (χ3n) is 2.01. The van der Waals surface area contributed by atoms with Crippen molar-refractivity contribution in [3.05, 3.63) is 11.1 Å². The van der Waals surface area contributed by atoms with Gasteiger partial charge < -0.3 is 4.74 Å². The summed E-state index contributed by atoms with van der Waals surface area (Å²) >= 11 is 3.55. The van der Waals surface area contributed by atoms with Crippen LogP contribution in [0.1, 0.15) is 18.5 Å². The predicted octanol–water partition coefficient (Wildman–Crippen LogP) is 2.72. The van der Waals surface area contributed by atoms with Crippen molar-refractivity contribution in [3.8, 4) is 0 Å². The van der Waals surface area contributed by atoms with Gasteiger partial charge in [0.2, 0.25) is 0 Å². The maximum absolute atomic E-state index is 5.54. The Morgan fingerprint density at radius 2 is 2.69 bits per heavy atom. The normalized spacial score (nSPS) is 22.4. The summed E-state index contributed by atoms with van der Waals surface area (Å²) in [5.74, 6) is 1.06. The third kappa shape index (κ3) is 2.69. The molecule has 1 aromatic heterocycles. The molecule has 0 saturated carbocycles. The van der Waals surface area contributed by atoms with Crippen LogP contribution in [0.5, 0.6) is 0 Å². The molecule has 0 spiro atoms. The molecule has 0 radical (unpaired) electrons. The van der Waals surface area contributed by atoms with Gasteiger partial charge in [-0.25, -0.2) is 4.98 Å². The predicted molar refractivity (Wildman–Crippen MR) is 56.5 cm³/mol. The average Bonchev–Trinajstić information content (AvgIpc) is 2.71. The first kappa shape index (κ1) is 9.49. The number of nitrogens with zero attached hydrogens (tertiary/aromatic N) is 1. The van der Waals surface area contributed by atoms with E-state index >= 15 is 0 Å². The van der Waals surface area contributed by atoms with E-state index in [1.165, 1.54) is 17.2 Å². The highest BCUT2D eigenvalue weighted by molar-refractivity contribution is 8.01. The zero-order chi connectivity index (χ0) is 9.10. The number of ether oxygens (including phenoxy) is 1. The van der Waals surface area contributed by atoms with Gasteiger partial charge in [-0.3, -0.25) is 0 Å². The zero-order valence-corrected chi connectivity index (χ0v) is 9.29. The minimum Gasteiger partial charge on any atom is -0.377 e. The van der Waals surface area contributed by atoms with Crippen LogP contribution < -0.4 is 0 Å². The molecular weight excluding hydrogens is 202 g/mol. The number of hydrogen-bond acceptors (Lipinski definition) is 4. The van der Waals surface area contributed by atoms with Crippen LogP contribution >= 0.6 is 23.1 Å². The Balaban J connectivity index is 1.78. The highest BCUT2D eigenvalue weighted by atomic mass is 32.2. The number of thioether (sulfide) groups is 1. The van der Waals surface area contributed by atoms with E-state index < -0.39 is 0 Å². The van der Waals surface area contributed by atoms with E-state index in [0.29, 0.717) is 6.10 Å². The summed E-state index contributed by atoms with van der Waals surface area (Å²) in [6.07, 6.45) is 2.91. The van der Waals surface area contributed by atoms with Crippen molar-refractivity contribution in [2.45, 2.75) is 30.2 Å². The van der Waals surface area contributed by atoms with Gasteiger partial charge in [-0.2, -0.15) is 0 Å². The first-order valence-corrected chi connectivity index (χ1v) is 6.37. The number of rotatable bonds is 3. The molecule has 2 rings (SSSR count). The number of hydrogen-bond donors (Lipinski definition) is 0. The smallest absolute Gasteiger partial charge is 0.150 e. The second-order valence-electron chi connectivity index (χ2n) is 3.20. The molecule has 0 bridgehead atoms. The van der Waals surface area contributed by atoms with E-state index in [0.717, 1.165) is 18.1 Å². The summed E-state index contributed by atoms with van der Waals surface area (Å²) in [6, 6.07) is 0. The summed E-state index contributed by atoms with van der Waals surface area (Å²) in [7, 11) is 0. The molecule has 0 aliphatic carbocycles. The maximum atomic E-state index is 5.54. The van der Waals surface area contributed by atoms with Crippen molar-refractivity contribution in [1.82, 2.24) is 4.98 Å². The molecule has 0 N–H and O–H groups in total. The Labute approximate surface area is 86.7 Å². The van der Waals surface area contributed by atoms with Gasteiger partial charge in [0.25, 0.3) is 0 Å². The van der Waals surface area contributed by atoms with Gasteiger partial charge in [-0.05, 0) is 19.8 Å². The molecule has 0 amide bonds. The van der Waals surface area contributed by atoms with Gasteiger partial charge in [0, 0.05) is 23.4 Å². The van der Waals surface area contributed by atoms with Gasteiger partial charge in [0.1, 0.15) is 4.34 Å². The van der Waals surface area contributed by atoms with Crippen molar-refractivity contribution in [2.75, 3.05) is 12.4 Å². The van der Waals surface area contributed by atoms with Crippen LogP contribution in [0.25, 0.3) is 0 Å². The quantitative estimate of drug-likeness (QED) is 0.724. The van der Waals surface area contributed by atoms with Crippen LogP contribution in [0.4, 0.5) is 0 Å². The molecule has 2 nitrogen and oxygen atoms in total. The van der Waals surface area contributed by atoms with Crippen molar-refractivity contribution < 1.29 is 4.74 Å². The lowest BCUT2D eigenvalue weighted by atomic mass is 10.3. The largest absolute Gasteiger partial charge is 0.377 e. The summed E-state index contributed by atoms with van der Waals surface area (Å²) in [5, 5.41) is 2.10. The molecular formula is C9H13NOS2. The average molecular weight is 215 g/mol. The summed E-state index contributed by atoms with van der Waals surface area (Å²) in [6.45, 7) is 2.98. The van der Waals surface area contributed by atoms with Crippen LogP contribution in [0, 0.1) is 6.92 Å². The van der Waals surface area contributed by atoms with Crippen LogP contribution in [-0.4, -0.2) is 23.4 Å². The molecule has 1 unspecified atom stereocenters. The lowest BCUT2D eigenvalue weighted by Crippen LogP contribution is -2.07. The molecule has 0 aromatic carbocycles. The third-order valence-corrected chi connectivity index (χ3v) is 4.29. The van der Waals surface area contributed by atoms with E-state index in [-0.39, 0.29) is 0 Å². The van der Waals surface area contributed by atoms with Crippen molar-refractivity contribution >= 4 is 23.1 Å². The molecule has 13 heavy (non-hydrogen) atoms. The fourth-order valence-electron chi connectivity index (χ4n) is 1.34. The van der Waals surface area contributed by atoms with Crippen LogP contribution in [0.2, 0.25) is 0 Å². The zero-order valence-electron chi connectivity index (χ0n) is 7.66. The number of aryl methyl sites for hydroxylation is 1. The second-order valence-corrected chi connectivity index (χ2v) is 5.33. The maximum Gasteiger partial charge on any atom is 0.150 e. The fourth-order valence-corrected chi connectivity index (χ4v) is 3.28. The molecule has 1 aliphatic rings. The molecule has 1 atom stereocenters. The van der Waals surface area contributed by atoms with Crippen LogP contribution in [0.15, 0.2) is 9.72 Å². The van der Waals surface area contributed by atoms with E-state index in [2.05, 4.69) is 10.4 Å². The van der Waals surface area contributed by atoms with Crippen molar-refractivity contribution in [1.29, 1.82) is 0 Å². The Hall–Kier alpha value is -0.0600. The number of aromatic nitrogens is 1. The first-order valence-electron chi connectivity index (χ1n) is 4.51. The van der Waals surface area contributed by atoms with Gasteiger partial charge in [0.15, 0.2) is 0 Å². The summed E-state index contributed by atoms with van der Waals surface area (Å²) in [5.41, 5.74) is 1.12. The first-order chi connectivity index (χ1) is 6.34. The van der Waals surface area contributed by atoms with Crippen molar-refractivity contribution in [2.24, 2.45) is 0 Å². The van der Waals surface area contributed by atoms with E-state index in [9.17, 15) is 0 Å².